The van der Waals surface area contributed by atoms with Crippen LogP contribution in [0.25, 0.3) is 0 Å². The largest absolute Gasteiger partial charge is 0.462 e. The van der Waals surface area contributed by atoms with E-state index in [9.17, 15) is 9.59 Å². The van der Waals surface area contributed by atoms with Crippen LogP contribution < -0.4 is 0 Å². The van der Waals surface area contributed by atoms with Gasteiger partial charge in [-0.05, 0) is 103 Å². The molecule has 0 saturated carbocycles. The van der Waals surface area contributed by atoms with Crippen LogP contribution in [0.1, 0.15) is 303 Å². The zero-order valence-corrected chi connectivity index (χ0v) is 54.3. The molecule has 1 aliphatic carbocycles. The van der Waals surface area contributed by atoms with Gasteiger partial charge in [-0.3, -0.25) is 14.3 Å². The van der Waals surface area contributed by atoms with Crippen molar-refractivity contribution >= 4 is 11.9 Å². The number of rotatable bonds is 61. The van der Waals surface area contributed by atoms with E-state index >= 15 is 0 Å². The Morgan fingerprint density at radius 3 is 1.35 bits per heavy atom. The number of nitrogens with zero attached hydrogens (tertiary/aromatic N) is 4. The van der Waals surface area contributed by atoms with E-state index in [1.165, 1.54) is 160 Å². The summed E-state index contributed by atoms with van der Waals surface area (Å²) in [7, 11) is 4.83. The number of carbonyl (C=O) groups excluding carboxylic acids is 2. The number of esters is 2. The molecule has 480 valence electrons. The Morgan fingerprint density at radius 2 is 0.902 bits per heavy atom. The fourth-order valence-corrected chi connectivity index (χ4v) is 11.4. The van der Waals surface area contributed by atoms with Crippen LogP contribution in [-0.4, -0.2) is 124 Å². The third-order valence-electron chi connectivity index (χ3n) is 16.5. The highest BCUT2D eigenvalue weighted by atomic mass is 16.7. The highest BCUT2D eigenvalue weighted by Crippen LogP contribution is 2.29. The van der Waals surface area contributed by atoms with Gasteiger partial charge in [0, 0.05) is 59.9 Å². The first-order valence-corrected chi connectivity index (χ1v) is 34.3. The first kappa shape index (κ1) is 75.6. The summed E-state index contributed by atoms with van der Waals surface area (Å²) in [6, 6.07) is 0. The second-order valence-corrected chi connectivity index (χ2v) is 24.0. The van der Waals surface area contributed by atoms with Gasteiger partial charge >= 0.3 is 11.9 Å². The van der Waals surface area contributed by atoms with Crippen molar-refractivity contribution in [2.45, 2.75) is 341 Å². The fraction of sp³-hybridized carbons (Fsp3) is 0.912. The second kappa shape index (κ2) is 55.1. The van der Waals surface area contributed by atoms with Crippen LogP contribution in [0.3, 0.4) is 0 Å². The maximum absolute atomic E-state index is 13.1. The minimum atomic E-state index is -0.366. The molecular formula is C68H128N4O10. The molecule has 0 N–H and O–H groups in total. The quantitative estimate of drug-likeness (QED) is 0.0265. The van der Waals surface area contributed by atoms with Gasteiger partial charge in [-0.15, -0.1) is 5.10 Å². The van der Waals surface area contributed by atoms with Crippen molar-refractivity contribution in [1.29, 1.82) is 0 Å². The van der Waals surface area contributed by atoms with Gasteiger partial charge in [0.05, 0.1) is 11.8 Å². The zero-order valence-electron chi connectivity index (χ0n) is 54.3. The van der Waals surface area contributed by atoms with Crippen LogP contribution in [0.5, 0.6) is 0 Å². The predicted octanol–water partition coefficient (Wildman–Crippen LogP) is 17.3. The molecule has 0 saturated heterocycles. The van der Waals surface area contributed by atoms with Crippen molar-refractivity contribution in [1.82, 2.24) is 19.9 Å². The van der Waals surface area contributed by atoms with Crippen LogP contribution in [0, 0.1) is 0 Å². The lowest BCUT2D eigenvalue weighted by Gasteiger charge is -2.36. The van der Waals surface area contributed by atoms with Crippen LogP contribution in [0.4, 0.5) is 0 Å². The van der Waals surface area contributed by atoms with Gasteiger partial charge in [-0.2, -0.15) is 0 Å². The van der Waals surface area contributed by atoms with E-state index in [2.05, 4.69) is 55.2 Å². The summed E-state index contributed by atoms with van der Waals surface area (Å²) in [5.74, 6) is 0.0123. The smallest absolute Gasteiger partial charge is 0.306 e. The molecule has 0 unspecified atom stereocenters. The number of aromatic nitrogens is 3. The number of methoxy groups -OCH3 is 3. The lowest BCUT2D eigenvalue weighted by atomic mass is 9.90. The van der Waals surface area contributed by atoms with Crippen molar-refractivity contribution < 1.29 is 47.5 Å². The summed E-state index contributed by atoms with van der Waals surface area (Å²) in [5, 5.41) is 9.17. The number of hydrogen-bond acceptors (Lipinski definition) is 13. The molecule has 1 aromatic rings. The number of unbranched alkanes of at least 4 members (excludes halogenated alkanes) is 28. The molecule has 1 heterocycles. The lowest BCUT2D eigenvalue weighted by Crippen LogP contribution is -2.46. The molecule has 0 spiro atoms. The van der Waals surface area contributed by atoms with Crippen molar-refractivity contribution in [3.63, 3.8) is 0 Å². The van der Waals surface area contributed by atoms with Crippen LogP contribution in [-0.2, 0) is 60.4 Å². The number of aryl methyl sites for hydroxylation is 1. The normalized spacial score (nSPS) is 15.6. The van der Waals surface area contributed by atoms with E-state index in [0.29, 0.717) is 25.8 Å². The summed E-state index contributed by atoms with van der Waals surface area (Å²) < 4.78 is 48.1. The van der Waals surface area contributed by atoms with E-state index in [0.717, 1.165) is 128 Å². The van der Waals surface area contributed by atoms with Gasteiger partial charge in [0.15, 0.2) is 0 Å². The molecule has 82 heavy (non-hydrogen) atoms. The molecule has 14 nitrogen and oxygen atoms in total. The molecule has 0 aromatic carbocycles. The SMILES string of the molecule is CCCCCCCCC(CCCCCCCC)OC(=O)CCCCCCCN(CCCCCCCC(=O)OC(CCCCCCCC)CCCCCCCC)CCc1cn(CCC2=C[C@@H](OCOC)[C@@H](OCOC)[C@H](OCOC)C2)nn1. The third kappa shape index (κ3) is 41.6. The second-order valence-electron chi connectivity index (χ2n) is 24.0. The predicted molar refractivity (Wildman–Crippen MR) is 335 cm³/mol. The van der Waals surface area contributed by atoms with E-state index in [4.69, 9.17) is 37.9 Å². The van der Waals surface area contributed by atoms with Gasteiger partial charge < -0.3 is 42.8 Å². The molecule has 0 fully saturated rings. The molecule has 0 radical (unpaired) electrons. The average Bonchev–Trinajstić information content (AvgIpc) is 4.10. The van der Waals surface area contributed by atoms with Gasteiger partial charge in [0.25, 0.3) is 0 Å². The summed E-state index contributed by atoms with van der Waals surface area (Å²) in [4.78, 5) is 28.8. The van der Waals surface area contributed by atoms with Gasteiger partial charge in [0.2, 0.25) is 0 Å². The van der Waals surface area contributed by atoms with Crippen molar-refractivity contribution in [2.75, 3.05) is 61.3 Å². The highest BCUT2D eigenvalue weighted by molar-refractivity contribution is 5.69. The number of ether oxygens (including phenoxy) is 8. The fourth-order valence-electron chi connectivity index (χ4n) is 11.4. The highest BCUT2D eigenvalue weighted by Gasteiger charge is 2.36. The molecule has 1 aromatic heterocycles. The minimum Gasteiger partial charge on any atom is -0.462 e. The summed E-state index contributed by atoms with van der Waals surface area (Å²) in [6.07, 6.45) is 52.0. The lowest BCUT2D eigenvalue weighted by molar-refractivity contribution is -0.200. The number of hydrogen-bond donors (Lipinski definition) is 0. The average molecular weight is 1160 g/mol. The van der Waals surface area contributed by atoms with Gasteiger partial charge in [-0.25, -0.2) is 0 Å². The molecule has 0 bridgehead atoms. The standard InChI is InChI=1S/C68H128N4O10/c1-8-12-16-20-26-34-42-62(43-35-27-21-17-13-9-2)81-66(73)46-38-30-24-32-40-50-71(51-41-33-25-31-39-47-67(74)82-63(44-36-28-22-18-14-10-3)45-37-29-23-19-15-11-4)52-49-61-56-72(70-69-61)53-48-60-54-64(78-57-75-5)68(80-59-77-7)65(55-60)79-58-76-6/h54,56,62-65,68H,8-53,55,57-59H2,1-7H3/t64-,65-,68-/m1/s1. The Labute approximate surface area is 503 Å². The minimum absolute atomic E-state index is 0.00617. The first-order valence-electron chi connectivity index (χ1n) is 34.3. The Morgan fingerprint density at radius 1 is 0.500 bits per heavy atom. The van der Waals surface area contributed by atoms with E-state index in [1.807, 2.05) is 4.68 Å². The number of carbonyl (C=O) groups is 2. The summed E-state index contributed by atoms with van der Waals surface area (Å²) in [6.45, 7) is 13.2. The van der Waals surface area contributed by atoms with Crippen molar-refractivity contribution in [2.24, 2.45) is 0 Å². The maximum atomic E-state index is 13.1. The third-order valence-corrected chi connectivity index (χ3v) is 16.5. The monoisotopic (exact) mass is 1160 g/mol. The molecule has 14 heteroatoms. The molecule has 3 atom stereocenters. The van der Waals surface area contributed by atoms with E-state index in [-0.39, 0.29) is 62.8 Å². The topological polar surface area (TPSA) is 142 Å². The van der Waals surface area contributed by atoms with Crippen molar-refractivity contribution in [3.8, 4) is 0 Å². The maximum Gasteiger partial charge on any atom is 0.306 e. The first-order chi connectivity index (χ1) is 40.3. The summed E-state index contributed by atoms with van der Waals surface area (Å²) in [5.41, 5.74) is 2.19. The van der Waals surface area contributed by atoms with Gasteiger partial charge in [-0.1, -0.05) is 211 Å². The van der Waals surface area contributed by atoms with Crippen LogP contribution in [0.2, 0.25) is 0 Å². The molecule has 0 amide bonds. The van der Waals surface area contributed by atoms with Crippen LogP contribution >= 0.6 is 0 Å². The van der Waals surface area contributed by atoms with E-state index < -0.39 is 0 Å². The summed E-state index contributed by atoms with van der Waals surface area (Å²) >= 11 is 0. The van der Waals surface area contributed by atoms with Crippen molar-refractivity contribution in [3.05, 3.63) is 23.5 Å². The Hall–Kier alpha value is -2.46. The molecule has 1 aliphatic rings. The van der Waals surface area contributed by atoms with Crippen LogP contribution in [0.15, 0.2) is 17.8 Å². The van der Waals surface area contributed by atoms with E-state index in [1.54, 1.807) is 21.3 Å². The molecular weight excluding hydrogens is 1030 g/mol. The molecule has 2 rings (SSSR count). The zero-order chi connectivity index (χ0) is 59.2. The Bertz CT molecular complexity index is 1520. The Balaban J connectivity index is 1.94. The van der Waals surface area contributed by atoms with Gasteiger partial charge in [0.1, 0.15) is 44.8 Å². The molecule has 0 aliphatic heterocycles. The Kier molecular flexibility index (Phi) is 50.9.